The number of esters is 1. The molecule has 0 bridgehead atoms. The second-order valence-electron chi connectivity index (χ2n) is 5.06. The lowest BCUT2D eigenvalue weighted by molar-refractivity contribution is -0.139. The van der Waals surface area contributed by atoms with Crippen LogP contribution in [0.1, 0.15) is 5.56 Å². The zero-order valence-electron chi connectivity index (χ0n) is 13.3. The van der Waals surface area contributed by atoms with E-state index < -0.39 is 40.0 Å². The van der Waals surface area contributed by atoms with Crippen molar-refractivity contribution < 1.29 is 31.1 Å². The standard InChI is InChI=1S/C16H13ClF3NO4S/c1-25-15(22)10-21(26(23,24)12-5-3-2-4-6-12)14-9-11(16(18,19)20)7-8-13(14)17/h2-9H,10H2,1H3. The fourth-order valence-corrected chi connectivity index (χ4v) is 3.79. The van der Waals surface area contributed by atoms with Crippen LogP contribution in [0.3, 0.4) is 0 Å². The molecule has 0 fully saturated rings. The van der Waals surface area contributed by atoms with E-state index in [1.165, 1.54) is 24.3 Å². The third kappa shape index (κ3) is 4.28. The first kappa shape index (κ1) is 20.1. The van der Waals surface area contributed by atoms with Gasteiger partial charge in [0.1, 0.15) is 6.54 Å². The highest BCUT2D eigenvalue weighted by Gasteiger charge is 2.34. The van der Waals surface area contributed by atoms with E-state index in [-0.39, 0.29) is 9.92 Å². The van der Waals surface area contributed by atoms with Gasteiger partial charge in [-0.3, -0.25) is 9.10 Å². The Morgan fingerprint density at radius 1 is 1.15 bits per heavy atom. The van der Waals surface area contributed by atoms with E-state index in [0.29, 0.717) is 10.4 Å². The van der Waals surface area contributed by atoms with E-state index in [1.807, 2.05) is 0 Å². The summed E-state index contributed by atoms with van der Waals surface area (Å²) in [6.07, 6.45) is -4.72. The predicted octanol–water partition coefficient (Wildman–Crippen LogP) is 3.73. The molecule has 0 radical (unpaired) electrons. The number of anilines is 1. The van der Waals surface area contributed by atoms with Crippen LogP contribution in [0.25, 0.3) is 0 Å². The molecule has 0 unspecified atom stereocenters. The summed E-state index contributed by atoms with van der Waals surface area (Å²) in [5.74, 6) is -0.960. The summed E-state index contributed by atoms with van der Waals surface area (Å²) < 4.78 is 69.7. The molecule has 2 aromatic carbocycles. The number of halogens is 4. The monoisotopic (exact) mass is 407 g/mol. The van der Waals surface area contributed by atoms with Gasteiger partial charge in [-0.05, 0) is 30.3 Å². The molecule has 0 heterocycles. The maximum atomic E-state index is 13.0. The molecule has 0 N–H and O–H groups in total. The highest BCUT2D eigenvalue weighted by molar-refractivity contribution is 7.92. The van der Waals surface area contributed by atoms with Crippen LogP contribution in [-0.4, -0.2) is 28.0 Å². The van der Waals surface area contributed by atoms with Gasteiger partial charge in [0.05, 0.1) is 28.3 Å². The molecule has 5 nitrogen and oxygen atoms in total. The van der Waals surface area contributed by atoms with Crippen molar-refractivity contribution in [2.75, 3.05) is 18.0 Å². The van der Waals surface area contributed by atoms with E-state index >= 15 is 0 Å². The van der Waals surface area contributed by atoms with Crippen LogP contribution in [-0.2, 0) is 25.7 Å². The molecular formula is C16H13ClF3NO4S. The van der Waals surface area contributed by atoms with E-state index in [1.54, 1.807) is 6.07 Å². The summed E-state index contributed by atoms with van der Waals surface area (Å²) in [5, 5.41) is -0.263. The Morgan fingerprint density at radius 3 is 2.31 bits per heavy atom. The van der Waals surface area contributed by atoms with Gasteiger partial charge in [-0.1, -0.05) is 29.8 Å². The van der Waals surface area contributed by atoms with Gasteiger partial charge in [0, 0.05) is 0 Å². The first-order chi connectivity index (χ1) is 12.1. The van der Waals surface area contributed by atoms with Crippen molar-refractivity contribution >= 4 is 33.3 Å². The predicted molar refractivity (Wildman–Crippen MR) is 89.4 cm³/mol. The number of methoxy groups -OCH3 is 1. The topological polar surface area (TPSA) is 63.7 Å². The number of alkyl halides is 3. The summed E-state index contributed by atoms with van der Waals surface area (Å²) in [6, 6.07) is 9.17. The first-order valence-corrected chi connectivity index (χ1v) is 8.90. The second-order valence-corrected chi connectivity index (χ2v) is 7.33. The van der Waals surface area contributed by atoms with Crippen molar-refractivity contribution in [1.29, 1.82) is 0 Å². The lowest BCUT2D eigenvalue weighted by Gasteiger charge is -2.25. The molecule has 0 saturated carbocycles. The van der Waals surface area contributed by atoms with Gasteiger partial charge in [-0.25, -0.2) is 8.42 Å². The van der Waals surface area contributed by atoms with E-state index in [4.69, 9.17) is 11.6 Å². The van der Waals surface area contributed by atoms with Gasteiger partial charge < -0.3 is 4.74 Å². The van der Waals surface area contributed by atoms with Crippen molar-refractivity contribution in [2.24, 2.45) is 0 Å². The minimum absolute atomic E-state index is 0.211. The number of hydrogen-bond donors (Lipinski definition) is 0. The molecule has 0 aliphatic carbocycles. The third-order valence-electron chi connectivity index (χ3n) is 3.37. The van der Waals surface area contributed by atoms with Crippen molar-refractivity contribution in [3.8, 4) is 0 Å². The Hall–Kier alpha value is -2.26. The van der Waals surface area contributed by atoms with Gasteiger partial charge in [-0.2, -0.15) is 13.2 Å². The van der Waals surface area contributed by atoms with Gasteiger partial charge in [0.15, 0.2) is 0 Å². The number of nitrogens with zero attached hydrogens (tertiary/aromatic N) is 1. The highest BCUT2D eigenvalue weighted by Crippen LogP contribution is 2.37. The number of sulfonamides is 1. The van der Waals surface area contributed by atoms with Crippen LogP contribution >= 0.6 is 11.6 Å². The smallest absolute Gasteiger partial charge is 0.416 e. The Labute approximate surface area is 153 Å². The number of ether oxygens (including phenoxy) is 1. The van der Waals surface area contributed by atoms with Crippen molar-refractivity contribution in [3.63, 3.8) is 0 Å². The van der Waals surface area contributed by atoms with Crippen molar-refractivity contribution in [2.45, 2.75) is 11.1 Å². The molecule has 2 rings (SSSR count). The number of carbonyl (C=O) groups excluding carboxylic acids is 1. The zero-order valence-corrected chi connectivity index (χ0v) is 14.9. The molecule has 0 atom stereocenters. The Bertz CT molecular complexity index is 901. The minimum Gasteiger partial charge on any atom is -0.468 e. The number of carbonyl (C=O) groups is 1. The number of benzene rings is 2. The Morgan fingerprint density at radius 2 is 1.77 bits per heavy atom. The average Bonchev–Trinajstić information content (AvgIpc) is 2.59. The lowest BCUT2D eigenvalue weighted by Crippen LogP contribution is -2.36. The summed E-state index contributed by atoms with van der Waals surface area (Å²) in [7, 11) is -3.33. The van der Waals surface area contributed by atoms with Gasteiger partial charge in [0.25, 0.3) is 10.0 Å². The van der Waals surface area contributed by atoms with Crippen LogP contribution in [0.15, 0.2) is 53.4 Å². The number of rotatable bonds is 5. The second kappa shape index (κ2) is 7.55. The molecular weight excluding hydrogens is 395 g/mol. The lowest BCUT2D eigenvalue weighted by atomic mass is 10.2. The largest absolute Gasteiger partial charge is 0.468 e. The van der Waals surface area contributed by atoms with Crippen molar-refractivity contribution in [3.05, 3.63) is 59.1 Å². The molecule has 140 valence electrons. The van der Waals surface area contributed by atoms with Crippen molar-refractivity contribution in [1.82, 2.24) is 0 Å². The van der Waals surface area contributed by atoms with Crippen LogP contribution in [0.4, 0.5) is 18.9 Å². The Kier molecular flexibility index (Phi) is 5.82. The third-order valence-corrected chi connectivity index (χ3v) is 5.47. The normalized spacial score (nSPS) is 11.9. The van der Waals surface area contributed by atoms with Gasteiger partial charge in [0.2, 0.25) is 0 Å². The zero-order chi connectivity index (χ0) is 19.5. The van der Waals surface area contributed by atoms with E-state index in [2.05, 4.69) is 4.74 Å². The summed E-state index contributed by atoms with van der Waals surface area (Å²) in [5.41, 5.74) is -1.58. The summed E-state index contributed by atoms with van der Waals surface area (Å²) in [4.78, 5) is 11.5. The first-order valence-electron chi connectivity index (χ1n) is 7.08. The molecule has 26 heavy (non-hydrogen) atoms. The quantitative estimate of drug-likeness (QED) is 0.708. The maximum Gasteiger partial charge on any atom is 0.416 e. The highest BCUT2D eigenvalue weighted by atomic mass is 35.5. The van der Waals surface area contributed by atoms with E-state index in [0.717, 1.165) is 19.2 Å². The minimum atomic E-state index is -4.72. The molecule has 2 aromatic rings. The molecule has 0 aromatic heterocycles. The van der Waals surface area contributed by atoms with Gasteiger partial charge >= 0.3 is 12.1 Å². The number of hydrogen-bond acceptors (Lipinski definition) is 4. The maximum absolute atomic E-state index is 13.0. The Balaban J connectivity index is 2.65. The summed E-state index contributed by atoms with van der Waals surface area (Å²) >= 11 is 5.94. The molecule has 0 amide bonds. The van der Waals surface area contributed by atoms with Crippen LogP contribution in [0, 0.1) is 0 Å². The molecule has 0 aliphatic rings. The fourth-order valence-electron chi connectivity index (χ4n) is 2.08. The molecule has 10 heteroatoms. The van der Waals surface area contributed by atoms with Crippen LogP contribution < -0.4 is 4.31 Å². The van der Waals surface area contributed by atoms with Crippen LogP contribution in [0.5, 0.6) is 0 Å². The van der Waals surface area contributed by atoms with Gasteiger partial charge in [-0.15, -0.1) is 0 Å². The molecule has 0 saturated heterocycles. The van der Waals surface area contributed by atoms with E-state index in [9.17, 15) is 26.4 Å². The van der Waals surface area contributed by atoms with Crippen LogP contribution in [0.2, 0.25) is 5.02 Å². The fraction of sp³-hybridized carbons (Fsp3) is 0.188. The molecule has 0 spiro atoms. The molecule has 0 aliphatic heterocycles. The summed E-state index contributed by atoms with van der Waals surface area (Å²) in [6.45, 7) is -0.839. The SMILES string of the molecule is COC(=O)CN(c1cc(C(F)(F)F)ccc1Cl)S(=O)(=O)c1ccccc1. The average molecular weight is 408 g/mol.